The monoisotopic (exact) mass is 438 g/mol. The van der Waals surface area contributed by atoms with E-state index in [0.717, 1.165) is 18.4 Å². The number of ether oxygens (including phenoxy) is 1. The molecule has 2 aromatic heterocycles. The van der Waals surface area contributed by atoms with Gasteiger partial charge in [0.25, 0.3) is 11.5 Å². The maximum atomic E-state index is 12.9. The van der Waals surface area contributed by atoms with Gasteiger partial charge in [-0.15, -0.1) is 11.3 Å². The molecule has 0 saturated heterocycles. The van der Waals surface area contributed by atoms with Gasteiger partial charge in [-0.05, 0) is 30.0 Å². The van der Waals surface area contributed by atoms with Crippen molar-refractivity contribution in [2.24, 2.45) is 0 Å². The van der Waals surface area contributed by atoms with Crippen LogP contribution in [0.2, 0.25) is 0 Å². The van der Waals surface area contributed by atoms with E-state index >= 15 is 0 Å². The standard InChI is InChI=1S/C22H22N4O4S/c1-2-3-11-26-18-7-5-4-6-16(18)24-17(22(26)29)8-9-20(28)30-14-19(27)25-21-15(13-23)10-12-31-21/h4-7,10,12H,2-3,8-9,11,14H2,1H3,(H,25,27). The minimum absolute atomic E-state index is 0.0654. The Labute approximate surface area is 183 Å². The maximum absolute atomic E-state index is 12.9. The quantitative estimate of drug-likeness (QED) is 0.513. The first-order chi connectivity index (χ1) is 15.0. The van der Waals surface area contributed by atoms with Crippen LogP contribution in [0.4, 0.5) is 5.00 Å². The first-order valence-electron chi connectivity index (χ1n) is 9.95. The molecule has 0 spiro atoms. The summed E-state index contributed by atoms with van der Waals surface area (Å²) >= 11 is 1.21. The Hall–Kier alpha value is -3.51. The summed E-state index contributed by atoms with van der Waals surface area (Å²) in [7, 11) is 0. The molecule has 3 aromatic rings. The van der Waals surface area contributed by atoms with Gasteiger partial charge in [0, 0.05) is 13.0 Å². The zero-order valence-corrected chi connectivity index (χ0v) is 17.9. The predicted molar refractivity (Wildman–Crippen MR) is 118 cm³/mol. The Balaban J connectivity index is 1.61. The summed E-state index contributed by atoms with van der Waals surface area (Å²) < 4.78 is 6.71. The van der Waals surface area contributed by atoms with E-state index in [9.17, 15) is 14.4 Å². The lowest BCUT2D eigenvalue weighted by Gasteiger charge is -2.12. The number of hydrogen-bond acceptors (Lipinski definition) is 7. The third-order valence-corrected chi connectivity index (χ3v) is 5.45. The Kier molecular flexibility index (Phi) is 7.51. The summed E-state index contributed by atoms with van der Waals surface area (Å²) in [5.41, 5.74) is 1.92. The molecule has 0 aliphatic heterocycles. The van der Waals surface area contributed by atoms with Crippen LogP contribution in [0.1, 0.15) is 37.4 Å². The molecule has 3 rings (SSSR count). The molecule has 0 saturated carbocycles. The third kappa shape index (κ3) is 5.55. The molecule has 2 heterocycles. The van der Waals surface area contributed by atoms with Crippen LogP contribution in [-0.2, 0) is 27.3 Å². The molecule has 0 aliphatic rings. The van der Waals surface area contributed by atoms with E-state index in [0.29, 0.717) is 28.3 Å². The van der Waals surface area contributed by atoms with Gasteiger partial charge in [0.2, 0.25) is 0 Å². The van der Waals surface area contributed by atoms with Gasteiger partial charge < -0.3 is 14.6 Å². The van der Waals surface area contributed by atoms with E-state index in [1.807, 2.05) is 30.3 Å². The average molecular weight is 439 g/mol. The van der Waals surface area contributed by atoms with Crippen LogP contribution in [0.5, 0.6) is 0 Å². The summed E-state index contributed by atoms with van der Waals surface area (Å²) in [4.78, 5) is 41.3. The van der Waals surface area contributed by atoms with Gasteiger partial charge in [-0.1, -0.05) is 25.5 Å². The van der Waals surface area contributed by atoms with Gasteiger partial charge in [0.05, 0.1) is 23.0 Å². The minimum Gasteiger partial charge on any atom is -0.456 e. The Morgan fingerprint density at radius 1 is 1.29 bits per heavy atom. The Morgan fingerprint density at radius 3 is 2.87 bits per heavy atom. The van der Waals surface area contributed by atoms with E-state index in [1.165, 1.54) is 11.3 Å². The number of amides is 1. The topological polar surface area (TPSA) is 114 Å². The van der Waals surface area contributed by atoms with Crippen molar-refractivity contribution >= 4 is 39.2 Å². The van der Waals surface area contributed by atoms with E-state index in [-0.39, 0.29) is 18.4 Å². The number of carbonyl (C=O) groups excluding carboxylic acids is 2. The van der Waals surface area contributed by atoms with Crippen LogP contribution in [0, 0.1) is 11.3 Å². The molecule has 31 heavy (non-hydrogen) atoms. The molecular weight excluding hydrogens is 416 g/mol. The lowest BCUT2D eigenvalue weighted by atomic mass is 10.2. The van der Waals surface area contributed by atoms with Crippen LogP contribution < -0.4 is 10.9 Å². The number of hydrogen-bond donors (Lipinski definition) is 1. The molecule has 160 valence electrons. The van der Waals surface area contributed by atoms with Gasteiger partial charge in [-0.25, -0.2) is 4.98 Å². The van der Waals surface area contributed by atoms with Gasteiger partial charge in [0.1, 0.15) is 16.8 Å². The highest BCUT2D eigenvalue weighted by molar-refractivity contribution is 7.14. The number of para-hydroxylation sites is 2. The average Bonchev–Trinajstić information content (AvgIpc) is 3.22. The third-order valence-electron chi connectivity index (χ3n) is 4.62. The number of esters is 1. The highest BCUT2D eigenvalue weighted by Gasteiger charge is 2.15. The van der Waals surface area contributed by atoms with E-state index < -0.39 is 18.5 Å². The predicted octanol–water partition coefficient (Wildman–Crippen LogP) is 3.24. The number of fused-ring (bicyclic) bond motifs is 1. The van der Waals surface area contributed by atoms with Gasteiger partial charge in [-0.3, -0.25) is 14.4 Å². The molecule has 1 amide bonds. The van der Waals surface area contributed by atoms with Crippen molar-refractivity contribution in [2.75, 3.05) is 11.9 Å². The fourth-order valence-electron chi connectivity index (χ4n) is 3.04. The molecule has 0 atom stereocenters. The van der Waals surface area contributed by atoms with Crippen molar-refractivity contribution in [3.63, 3.8) is 0 Å². The number of aryl methyl sites for hydroxylation is 2. The maximum Gasteiger partial charge on any atom is 0.306 e. The van der Waals surface area contributed by atoms with Crippen molar-refractivity contribution < 1.29 is 14.3 Å². The first-order valence-corrected chi connectivity index (χ1v) is 10.8. The van der Waals surface area contributed by atoms with Crippen LogP contribution >= 0.6 is 11.3 Å². The summed E-state index contributed by atoms with van der Waals surface area (Å²) in [5.74, 6) is -1.13. The molecule has 1 aromatic carbocycles. The zero-order chi connectivity index (χ0) is 22.2. The van der Waals surface area contributed by atoms with Crippen molar-refractivity contribution in [2.45, 2.75) is 39.2 Å². The normalized spacial score (nSPS) is 10.6. The summed E-state index contributed by atoms with van der Waals surface area (Å²) in [5, 5.41) is 13.6. The second kappa shape index (κ2) is 10.5. The van der Waals surface area contributed by atoms with E-state index in [2.05, 4.69) is 17.2 Å². The number of carbonyl (C=O) groups is 2. The fraction of sp³-hybridized carbons (Fsp3) is 0.318. The zero-order valence-electron chi connectivity index (χ0n) is 17.1. The molecular formula is C22H22N4O4S. The molecule has 0 fully saturated rings. The molecule has 0 aliphatic carbocycles. The molecule has 8 nitrogen and oxygen atoms in total. The summed E-state index contributed by atoms with van der Waals surface area (Å²) in [6, 6.07) is 11.0. The Morgan fingerprint density at radius 2 is 2.10 bits per heavy atom. The lowest BCUT2D eigenvalue weighted by molar-refractivity contribution is -0.147. The highest BCUT2D eigenvalue weighted by Crippen LogP contribution is 2.21. The number of benzene rings is 1. The number of aromatic nitrogens is 2. The second-order valence-corrected chi connectivity index (χ2v) is 7.76. The molecule has 1 N–H and O–H groups in total. The smallest absolute Gasteiger partial charge is 0.306 e. The molecule has 9 heteroatoms. The number of nitrogens with one attached hydrogen (secondary N) is 1. The summed E-state index contributed by atoms with van der Waals surface area (Å²) in [6.45, 7) is 2.18. The Bertz CT molecular complexity index is 1190. The van der Waals surface area contributed by atoms with Crippen LogP contribution in [0.15, 0.2) is 40.5 Å². The molecule has 0 radical (unpaired) electrons. The second-order valence-electron chi connectivity index (χ2n) is 6.84. The molecule has 0 unspecified atom stereocenters. The number of nitriles is 1. The van der Waals surface area contributed by atoms with Gasteiger partial charge in [-0.2, -0.15) is 5.26 Å². The van der Waals surface area contributed by atoms with Crippen molar-refractivity contribution in [3.05, 3.63) is 57.3 Å². The van der Waals surface area contributed by atoms with Gasteiger partial charge in [0.15, 0.2) is 6.61 Å². The SMILES string of the molecule is CCCCn1c(=O)c(CCC(=O)OCC(=O)Nc2sccc2C#N)nc2ccccc21. The summed E-state index contributed by atoms with van der Waals surface area (Å²) in [6.07, 6.45) is 1.88. The van der Waals surface area contributed by atoms with Crippen molar-refractivity contribution in [3.8, 4) is 6.07 Å². The van der Waals surface area contributed by atoms with Crippen molar-refractivity contribution in [1.29, 1.82) is 5.26 Å². The largest absolute Gasteiger partial charge is 0.456 e. The van der Waals surface area contributed by atoms with Crippen LogP contribution in [0.3, 0.4) is 0 Å². The molecule has 0 bridgehead atoms. The number of unbranched alkanes of at least 4 members (excludes halogenated alkanes) is 1. The van der Waals surface area contributed by atoms with Crippen LogP contribution in [-0.4, -0.2) is 28.0 Å². The first kappa shape index (κ1) is 22.2. The van der Waals surface area contributed by atoms with E-state index in [4.69, 9.17) is 10.00 Å². The van der Waals surface area contributed by atoms with Crippen LogP contribution in [0.25, 0.3) is 11.0 Å². The number of nitrogens with zero attached hydrogens (tertiary/aromatic N) is 3. The number of thiophene rings is 1. The number of anilines is 1. The number of rotatable bonds is 9. The van der Waals surface area contributed by atoms with Crippen molar-refractivity contribution in [1.82, 2.24) is 9.55 Å². The lowest BCUT2D eigenvalue weighted by Crippen LogP contribution is -2.27. The fourth-order valence-corrected chi connectivity index (χ4v) is 3.80. The minimum atomic E-state index is -0.601. The van der Waals surface area contributed by atoms with Gasteiger partial charge >= 0.3 is 5.97 Å². The highest BCUT2D eigenvalue weighted by atomic mass is 32.1. The van der Waals surface area contributed by atoms with E-state index in [1.54, 1.807) is 16.0 Å².